The number of ether oxygens (including phenoxy) is 1. The quantitative estimate of drug-likeness (QED) is 0.845. The van der Waals surface area contributed by atoms with E-state index in [0.29, 0.717) is 25.4 Å². The molecule has 0 spiro atoms. The van der Waals surface area contributed by atoms with Gasteiger partial charge in [0.1, 0.15) is 11.6 Å². The first-order chi connectivity index (χ1) is 12.2. The van der Waals surface area contributed by atoms with Gasteiger partial charge in [-0.1, -0.05) is 12.1 Å². The summed E-state index contributed by atoms with van der Waals surface area (Å²) in [5, 5.41) is 6.12. The summed E-state index contributed by atoms with van der Waals surface area (Å²) in [7, 11) is 0. The van der Waals surface area contributed by atoms with E-state index in [2.05, 4.69) is 15.6 Å². The van der Waals surface area contributed by atoms with Crippen molar-refractivity contribution in [2.24, 2.45) is 5.92 Å². The zero-order valence-electron chi connectivity index (χ0n) is 14.0. The van der Waals surface area contributed by atoms with Crippen LogP contribution in [0.2, 0.25) is 0 Å². The van der Waals surface area contributed by atoms with Crippen molar-refractivity contribution in [1.29, 1.82) is 0 Å². The number of aromatic nitrogens is 1. The number of rotatable bonds is 6. The van der Waals surface area contributed by atoms with Crippen molar-refractivity contribution in [2.75, 3.05) is 30.4 Å². The molecule has 3 rings (SSSR count). The smallest absolute Gasteiger partial charge is 0.227 e. The first-order valence-electron chi connectivity index (χ1n) is 8.54. The summed E-state index contributed by atoms with van der Waals surface area (Å²) in [6, 6.07) is 10.2. The van der Waals surface area contributed by atoms with Crippen molar-refractivity contribution < 1.29 is 13.9 Å². The van der Waals surface area contributed by atoms with Crippen LogP contribution in [-0.2, 0) is 16.0 Å². The Labute approximate surface area is 146 Å². The van der Waals surface area contributed by atoms with E-state index in [-0.39, 0.29) is 17.6 Å². The van der Waals surface area contributed by atoms with E-state index in [9.17, 15) is 9.18 Å². The van der Waals surface area contributed by atoms with Crippen LogP contribution in [0.3, 0.4) is 0 Å². The van der Waals surface area contributed by atoms with Gasteiger partial charge in [-0.2, -0.15) is 0 Å². The molecule has 1 saturated heterocycles. The second kappa shape index (κ2) is 8.58. The lowest BCUT2D eigenvalue weighted by atomic mass is 9.99. The average Bonchev–Trinajstić information content (AvgIpc) is 2.65. The van der Waals surface area contributed by atoms with Crippen LogP contribution in [0.5, 0.6) is 0 Å². The molecule has 0 saturated carbocycles. The average molecular weight is 343 g/mol. The Hall–Kier alpha value is -2.47. The van der Waals surface area contributed by atoms with Crippen molar-refractivity contribution in [1.82, 2.24) is 4.98 Å². The SMILES string of the molecule is O=C(Nc1ccc(NCCc2ccc(F)cc2)nc1)C1CCOCC1. The molecule has 1 aromatic heterocycles. The largest absolute Gasteiger partial charge is 0.381 e. The van der Waals surface area contributed by atoms with Gasteiger partial charge >= 0.3 is 0 Å². The number of amides is 1. The maximum Gasteiger partial charge on any atom is 0.227 e. The number of hydrogen-bond donors (Lipinski definition) is 2. The number of benzene rings is 1. The van der Waals surface area contributed by atoms with Crippen molar-refractivity contribution in [3.05, 3.63) is 54.0 Å². The highest BCUT2D eigenvalue weighted by Crippen LogP contribution is 2.18. The highest BCUT2D eigenvalue weighted by atomic mass is 19.1. The van der Waals surface area contributed by atoms with Crippen LogP contribution >= 0.6 is 0 Å². The van der Waals surface area contributed by atoms with Gasteiger partial charge in [0, 0.05) is 25.7 Å². The molecule has 1 aliphatic heterocycles. The van der Waals surface area contributed by atoms with Crippen molar-refractivity contribution >= 4 is 17.4 Å². The summed E-state index contributed by atoms with van der Waals surface area (Å²) in [4.78, 5) is 16.5. The van der Waals surface area contributed by atoms with Crippen LogP contribution in [-0.4, -0.2) is 30.6 Å². The summed E-state index contributed by atoms with van der Waals surface area (Å²) in [5.74, 6) is 0.562. The van der Waals surface area contributed by atoms with Crippen molar-refractivity contribution in [2.45, 2.75) is 19.3 Å². The van der Waals surface area contributed by atoms with E-state index in [1.807, 2.05) is 12.1 Å². The number of pyridine rings is 1. The molecular weight excluding hydrogens is 321 g/mol. The number of anilines is 2. The summed E-state index contributed by atoms with van der Waals surface area (Å²) >= 11 is 0. The maximum absolute atomic E-state index is 12.9. The summed E-state index contributed by atoms with van der Waals surface area (Å²) in [6.45, 7) is 1.99. The van der Waals surface area contributed by atoms with Gasteiger partial charge in [0.2, 0.25) is 5.91 Å². The molecule has 132 valence electrons. The van der Waals surface area contributed by atoms with Gasteiger partial charge in [0.15, 0.2) is 0 Å². The van der Waals surface area contributed by atoms with E-state index < -0.39 is 0 Å². The lowest BCUT2D eigenvalue weighted by Crippen LogP contribution is -2.28. The standard InChI is InChI=1S/C19H22FN3O2/c20-16-3-1-14(2-4-16)7-10-21-18-6-5-17(13-22-18)23-19(24)15-8-11-25-12-9-15/h1-6,13,15H,7-12H2,(H,21,22)(H,23,24). The van der Waals surface area contributed by atoms with Gasteiger partial charge in [0.25, 0.3) is 0 Å². The first kappa shape index (κ1) is 17.4. The number of hydrogen-bond acceptors (Lipinski definition) is 4. The van der Waals surface area contributed by atoms with E-state index in [1.54, 1.807) is 18.3 Å². The second-order valence-electron chi connectivity index (χ2n) is 6.11. The van der Waals surface area contributed by atoms with Crippen LogP contribution in [0, 0.1) is 11.7 Å². The van der Waals surface area contributed by atoms with E-state index in [0.717, 1.165) is 30.6 Å². The molecule has 0 unspecified atom stereocenters. The minimum absolute atomic E-state index is 0.0160. The summed E-state index contributed by atoms with van der Waals surface area (Å²) in [5.41, 5.74) is 1.76. The summed E-state index contributed by atoms with van der Waals surface area (Å²) in [6.07, 6.45) is 3.96. The Morgan fingerprint density at radius 1 is 1.16 bits per heavy atom. The number of carbonyl (C=O) groups is 1. The van der Waals surface area contributed by atoms with E-state index in [1.165, 1.54) is 12.1 Å². The number of nitrogens with zero attached hydrogens (tertiary/aromatic N) is 1. The van der Waals surface area contributed by atoms with Gasteiger partial charge < -0.3 is 15.4 Å². The van der Waals surface area contributed by atoms with Gasteiger partial charge in [0.05, 0.1) is 11.9 Å². The molecule has 25 heavy (non-hydrogen) atoms. The van der Waals surface area contributed by atoms with E-state index >= 15 is 0 Å². The Morgan fingerprint density at radius 3 is 2.60 bits per heavy atom. The predicted molar refractivity (Wildman–Crippen MR) is 95.0 cm³/mol. The lowest BCUT2D eigenvalue weighted by molar-refractivity contribution is -0.122. The maximum atomic E-state index is 12.9. The Morgan fingerprint density at radius 2 is 1.92 bits per heavy atom. The van der Waals surface area contributed by atoms with Gasteiger partial charge in [-0.15, -0.1) is 0 Å². The monoisotopic (exact) mass is 343 g/mol. The fourth-order valence-corrected chi connectivity index (χ4v) is 2.76. The highest BCUT2D eigenvalue weighted by Gasteiger charge is 2.21. The molecule has 0 radical (unpaired) electrons. The van der Waals surface area contributed by atoms with Crippen molar-refractivity contribution in [3.63, 3.8) is 0 Å². The third kappa shape index (κ3) is 5.26. The fraction of sp³-hybridized carbons (Fsp3) is 0.368. The number of nitrogens with one attached hydrogen (secondary N) is 2. The first-order valence-corrected chi connectivity index (χ1v) is 8.54. The fourth-order valence-electron chi connectivity index (χ4n) is 2.76. The van der Waals surface area contributed by atoms with E-state index in [4.69, 9.17) is 4.74 Å². The predicted octanol–water partition coefficient (Wildman–Crippen LogP) is 3.24. The minimum Gasteiger partial charge on any atom is -0.381 e. The zero-order chi connectivity index (χ0) is 17.5. The number of carbonyl (C=O) groups excluding carboxylic acids is 1. The van der Waals surface area contributed by atoms with Crippen molar-refractivity contribution in [3.8, 4) is 0 Å². The molecule has 1 fully saturated rings. The molecule has 0 aliphatic carbocycles. The molecule has 2 N–H and O–H groups in total. The Balaban J connectivity index is 1.45. The van der Waals surface area contributed by atoms with Gasteiger partial charge in [-0.25, -0.2) is 9.37 Å². The molecule has 1 aliphatic rings. The third-order valence-corrected chi connectivity index (χ3v) is 4.26. The molecule has 0 bridgehead atoms. The van der Waals surface area contributed by atoms with Crippen LogP contribution in [0.4, 0.5) is 15.9 Å². The minimum atomic E-state index is -0.225. The van der Waals surface area contributed by atoms with Gasteiger partial charge in [-0.05, 0) is 49.1 Å². The lowest BCUT2D eigenvalue weighted by Gasteiger charge is -2.21. The van der Waals surface area contributed by atoms with Crippen LogP contribution in [0.15, 0.2) is 42.6 Å². The molecule has 0 atom stereocenters. The Kier molecular flexibility index (Phi) is 5.95. The Bertz CT molecular complexity index is 683. The van der Waals surface area contributed by atoms with Crippen LogP contribution < -0.4 is 10.6 Å². The molecule has 2 heterocycles. The molecule has 2 aromatic rings. The summed E-state index contributed by atoms with van der Waals surface area (Å²) < 4.78 is 18.1. The molecule has 5 nitrogen and oxygen atoms in total. The topological polar surface area (TPSA) is 63.2 Å². The van der Waals surface area contributed by atoms with Crippen LogP contribution in [0.1, 0.15) is 18.4 Å². The molecule has 1 amide bonds. The third-order valence-electron chi connectivity index (χ3n) is 4.26. The molecule has 6 heteroatoms. The number of halogens is 1. The normalized spacial score (nSPS) is 14.9. The zero-order valence-corrected chi connectivity index (χ0v) is 14.0. The highest BCUT2D eigenvalue weighted by molar-refractivity contribution is 5.92. The second-order valence-corrected chi connectivity index (χ2v) is 6.11. The molecule has 1 aromatic carbocycles. The molecular formula is C19H22FN3O2. The van der Waals surface area contributed by atoms with Gasteiger partial charge in [-0.3, -0.25) is 4.79 Å². The van der Waals surface area contributed by atoms with Crippen LogP contribution in [0.25, 0.3) is 0 Å².